The average Bonchev–Trinajstić information content (AvgIpc) is 2.89. The molecule has 1 heterocycles. The third kappa shape index (κ3) is 8.34. The average molecular weight is 522 g/mol. The third-order valence-electron chi connectivity index (χ3n) is 5.98. The van der Waals surface area contributed by atoms with Crippen LogP contribution in [0.5, 0.6) is 0 Å². The molecule has 38 heavy (non-hydrogen) atoms. The van der Waals surface area contributed by atoms with Gasteiger partial charge in [0, 0.05) is 49.4 Å². The molecule has 8 heteroatoms. The lowest BCUT2D eigenvalue weighted by molar-refractivity contribution is -0.118. The number of piperazine rings is 1. The number of nitrogens with zero attached hydrogens (tertiary/aromatic N) is 3. The molecule has 1 aliphatic rings. The predicted molar refractivity (Wildman–Crippen MR) is 145 cm³/mol. The Morgan fingerprint density at radius 3 is 2.29 bits per heavy atom. The molecule has 2 aromatic rings. The van der Waals surface area contributed by atoms with Crippen molar-refractivity contribution < 1.29 is 23.5 Å². The Kier molecular flexibility index (Phi) is 9.89. The van der Waals surface area contributed by atoms with Crippen LogP contribution in [0.1, 0.15) is 62.9 Å². The summed E-state index contributed by atoms with van der Waals surface area (Å²) >= 11 is 0. The van der Waals surface area contributed by atoms with E-state index in [1.807, 2.05) is 33.8 Å². The standard InChI is InChI=1S/C30H36FN3O4/c1-5-6-12-27(35)34(26-15-13-25(31)14-16-26)17-8-10-23-9-7-11-24(22-23)28(36)32-18-20-33(21-19-32)29(37)38-30(2,3)4/h7,9,11,13-16,22H,5-6,12,17-21H2,1-4H3. The van der Waals surface area contributed by atoms with Crippen LogP contribution < -0.4 is 4.90 Å². The molecule has 0 aliphatic carbocycles. The van der Waals surface area contributed by atoms with E-state index in [4.69, 9.17) is 4.74 Å². The molecule has 202 valence electrons. The van der Waals surface area contributed by atoms with E-state index >= 15 is 0 Å². The van der Waals surface area contributed by atoms with Crippen LogP contribution in [-0.2, 0) is 9.53 Å². The van der Waals surface area contributed by atoms with E-state index in [9.17, 15) is 18.8 Å². The van der Waals surface area contributed by atoms with Gasteiger partial charge in [0.1, 0.15) is 11.4 Å². The topological polar surface area (TPSA) is 70.2 Å². The monoisotopic (exact) mass is 521 g/mol. The maximum atomic E-state index is 13.4. The van der Waals surface area contributed by atoms with Gasteiger partial charge in [-0.05, 0) is 69.7 Å². The summed E-state index contributed by atoms with van der Waals surface area (Å²) in [6.07, 6.45) is 1.68. The molecule has 0 N–H and O–H groups in total. The molecule has 0 spiro atoms. The number of anilines is 1. The lowest BCUT2D eigenvalue weighted by Gasteiger charge is -2.35. The fourth-order valence-corrected chi connectivity index (χ4v) is 3.96. The lowest BCUT2D eigenvalue weighted by atomic mass is 10.1. The Morgan fingerprint density at radius 2 is 1.66 bits per heavy atom. The zero-order valence-corrected chi connectivity index (χ0v) is 22.6. The van der Waals surface area contributed by atoms with E-state index in [0.717, 1.165) is 12.8 Å². The van der Waals surface area contributed by atoms with E-state index in [-0.39, 0.29) is 30.3 Å². The van der Waals surface area contributed by atoms with Crippen LogP contribution in [0.15, 0.2) is 48.5 Å². The first-order valence-electron chi connectivity index (χ1n) is 13.0. The number of halogens is 1. The number of carbonyl (C=O) groups excluding carboxylic acids is 3. The minimum atomic E-state index is -0.565. The van der Waals surface area contributed by atoms with Gasteiger partial charge < -0.3 is 19.4 Å². The van der Waals surface area contributed by atoms with Crippen LogP contribution >= 0.6 is 0 Å². The maximum absolute atomic E-state index is 13.4. The highest BCUT2D eigenvalue weighted by Gasteiger charge is 2.28. The van der Waals surface area contributed by atoms with E-state index in [2.05, 4.69) is 11.8 Å². The van der Waals surface area contributed by atoms with Crippen LogP contribution in [0, 0.1) is 17.7 Å². The zero-order valence-electron chi connectivity index (χ0n) is 22.6. The molecule has 2 aromatic carbocycles. The minimum Gasteiger partial charge on any atom is -0.444 e. The van der Waals surface area contributed by atoms with Gasteiger partial charge in [0.2, 0.25) is 5.91 Å². The van der Waals surface area contributed by atoms with Gasteiger partial charge in [-0.25, -0.2) is 9.18 Å². The van der Waals surface area contributed by atoms with Gasteiger partial charge >= 0.3 is 6.09 Å². The summed E-state index contributed by atoms with van der Waals surface area (Å²) in [6.45, 7) is 9.29. The molecule has 0 bridgehead atoms. The minimum absolute atomic E-state index is 0.0674. The highest BCUT2D eigenvalue weighted by Crippen LogP contribution is 2.17. The van der Waals surface area contributed by atoms with Crippen molar-refractivity contribution in [1.29, 1.82) is 0 Å². The zero-order chi connectivity index (χ0) is 27.7. The number of ether oxygens (including phenoxy) is 1. The largest absolute Gasteiger partial charge is 0.444 e. The highest BCUT2D eigenvalue weighted by atomic mass is 19.1. The van der Waals surface area contributed by atoms with Crippen LogP contribution in [-0.4, -0.2) is 66.0 Å². The van der Waals surface area contributed by atoms with E-state index in [1.54, 1.807) is 45.0 Å². The number of hydrogen-bond acceptors (Lipinski definition) is 4. The summed E-state index contributed by atoms with van der Waals surface area (Å²) in [5, 5.41) is 0. The van der Waals surface area contributed by atoms with Crippen molar-refractivity contribution in [3.8, 4) is 11.8 Å². The molecule has 0 radical (unpaired) electrons. The van der Waals surface area contributed by atoms with Crippen molar-refractivity contribution in [3.05, 3.63) is 65.5 Å². The molecular formula is C30H36FN3O4. The Hall–Kier alpha value is -3.86. The van der Waals surface area contributed by atoms with Crippen LogP contribution in [0.2, 0.25) is 0 Å². The normalized spacial score (nSPS) is 13.4. The highest BCUT2D eigenvalue weighted by molar-refractivity contribution is 5.95. The fraction of sp³-hybridized carbons (Fsp3) is 0.433. The van der Waals surface area contributed by atoms with Crippen molar-refractivity contribution in [2.24, 2.45) is 0 Å². The van der Waals surface area contributed by atoms with Crippen molar-refractivity contribution in [2.45, 2.75) is 52.6 Å². The first-order chi connectivity index (χ1) is 18.1. The van der Waals surface area contributed by atoms with Gasteiger partial charge in [-0.15, -0.1) is 0 Å². The van der Waals surface area contributed by atoms with Crippen molar-refractivity contribution >= 4 is 23.6 Å². The second-order valence-electron chi connectivity index (χ2n) is 10.2. The Labute approximate surface area is 224 Å². The molecule has 0 saturated carbocycles. The van der Waals surface area contributed by atoms with Gasteiger partial charge in [-0.3, -0.25) is 9.59 Å². The van der Waals surface area contributed by atoms with E-state index < -0.39 is 5.60 Å². The Morgan fingerprint density at radius 1 is 1.00 bits per heavy atom. The number of rotatable bonds is 6. The van der Waals surface area contributed by atoms with Crippen molar-refractivity contribution in [3.63, 3.8) is 0 Å². The second kappa shape index (κ2) is 13.1. The first kappa shape index (κ1) is 28.7. The summed E-state index contributed by atoms with van der Waals surface area (Å²) < 4.78 is 18.8. The van der Waals surface area contributed by atoms with Crippen molar-refractivity contribution in [1.82, 2.24) is 9.80 Å². The van der Waals surface area contributed by atoms with Crippen molar-refractivity contribution in [2.75, 3.05) is 37.6 Å². The van der Waals surface area contributed by atoms with Gasteiger partial charge in [-0.2, -0.15) is 0 Å². The van der Waals surface area contributed by atoms with Crippen LogP contribution in [0.25, 0.3) is 0 Å². The lowest BCUT2D eigenvalue weighted by Crippen LogP contribution is -2.51. The molecule has 1 fully saturated rings. The summed E-state index contributed by atoms with van der Waals surface area (Å²) in [6, 6.07) is 12.9. The van der Waals surface area contributed by atoms with Gasteiger partial charge in [0.15, 0.2) is 0 Å². The maximum Gasteiger partial charge on any atom is 0.410 e. The number of benzene rings is 2. The van der Waals surface area contributed by atoms with Gasteiger partial charge in [-0.1, -0.05) is 31.3 Å². The number of hydrogen-bond donors (Lipinski definition) is 0. The van der Waals surface area contributed by atoms with Gasteiger partial charge in [0.25, 0.3) is 5.91 Å². The number of carbonyl (C=O) groups is 3. The van der Waals surface area contributed by atoms with E-state index in [0.29, 0.717) is 49.4 Å². The smallest absolute Gasteiger partial charge is 0.410 e. The van der Waals surface area contributed by atoms with Gasteiger partial charge in [0.05, 0.1) is 6.54 Å². The number of unbranched alkanes of at least 4 members (excludes halogenated alkanes) is 1. The molecule has 0 aromatic heterocycles. The predicted octanol–water partition coefficient (Wildman–Crippen LogP) is 5.09. The SMILES string of the molecule is CCCCC(=O)N(CC#Cc1cccc(C(=O)N2CCN(C(=O)OC(C)(C)C)CC2)c1)c1ccc(F)cc1. The molecular weight excluding hydrogens is 485 g/mol. The molecule has 3 amide bonds. The van der Waals surface area contributed by atoms with Crippen LogP contribution in [0.3, 0.4) is 0 Å². The fourth-order valence-electron chi connectivity index (χ4n) is 3.96. The second-order valence-corrected chi connectivity index (χ2v) is 10.2. The molecule has 1 aliphatic heterocycles. The Bertz CT molecular complexity index is 1190. The first-order valence-corrected chi connectivity index (χ1v) is 13.0. The summed E-state index contributed by atoms with van der Waals surface area (Å²) in [7, 11) is 0. The number of amides is 3. The summed E-state index contributed by atoms with van der Waals surface area (Å²) in [5.41, 5.74) is 1.20. The Balaban J connectivity index is 1.65. The van der Waals surface area contributed by atoms with E-state index in [1.165, 1.54) is 12.1 Å². The molecule has 0 atom stereocenters. The van der Waals surface area contributed by atoms with Crippen LogP contribution in [0.4, 0.5) is 14.9 Å². The third-order valence-corrected chi connectivity index (χ3v) is 5.98. The summed E-state index contributed by atoms with van der Waals surface area (Å²) in [5.74, 6) is 5.52. The molecule has 0 unspecified atom stereocenters. The molecule has 1 saturated heterocycles. The molecule has 7 nitrogen and oxygen atoms in total. The quantitative estimate of drug-likeness (QED) is 0.497. The molecule has 3 rings (SSSR count). The summed E-state index contributed by atoms with van der Waals surface area (Å²) in [4.78, 5) is 43.1.